The van der Waals surface area contributed by atoms with Gasteiger partial charge in [0, 0.05) is 10.2 Å². The van der Waals surface area contributed by atoms with E-state index in [9.17, 15) is 9.59 Å². The highest BCUT2D eigenvalue weighted by molar-refractivity contribution is 9.10. The Morgan fingerprint density at radius 3 is 2.30 bits per heavy atom. The molecule has 0 spiro atoms. The van der Waals surface area contributed by atoms with Crippen LogP contribution in [0.25, 0.3) is 0 Å². The first-order chi connectivity index (χ1) is 11.1. The summed E-state index contributed by atoms with van der Waals surface area (Å²) in [6.45, 7) is 1.96. The molecular weight excluding hydrogens is 362 g/mol. The molecule has 0 aliphatic heterocycles. The van der Waals surface area contributed by atoms with E-state index in [4.69, 9.17) is 9.47 Å². The van der Waals surface area contributed by atoms with Crippen LogP contribution in [0.15, 0.2) is 53.0 Å². The van der Waals surface area contributed by atoms with E-state index in [1.807, 2.05) is 12.1 Å². The Hall–Kier alpha value is -2.34. The first-order valence-corrected chi connectivity index (χ1v) is 7.83. The van der Waals surface area contributed by atoms with E-state index in [1.54, 1.807) is 43.3 Å². The highest BCUT2D eigenvalue weighted by Crippen LogP contribution is 2.15. The topological polar surface area (TPSA) is 64.6 Å². The fraction of sp³-hybridized carbons (Fsp3) is 0.176. The maximum absolute atomic E-state index is 11.8. The highest BCUT2D eigenvalue weighted by atomic mass is 79.9. The Kier molecular flexibility index (Phi) is 6.17. The van der Waals surface area contributed by atoms with Crippen molar-refractivity contribution < 1.29 is 19.1 Å². The van der Waals surface area contributed by atoms with Gasteiger partial charge in [-0.1, -0.05) is 15.9 Å². The number of carbonyl (C=O) groups is 2. The van der Waals surface area contributed by atoms with E-state index in [2.05, 4.69) is 21.2 Å². The molecule has 1 amide bonds. The molecule has 0 bridgehead atoms. The largest absolute Gasteiger partial charge is 0.484 e. The van der Waals surface area contributed by atoms with E-state index in [0.717, 1.165) is 4.47 Å². The molecule has 5 nitrogen and oxygen atoms in total. The third kappa shape index (κ3) is 5.41. The monoisotopic (exact) mass is 377 g/mol. The van der Waals surface area contributed by atoms with E-state index in [-0.39, 0.29) is 18.5 Å². The van der Waals surface area contributed by atoms with Gasteiger partial charge in [-0.05, 0) is 55.5 Å². The van der Waals surface area contributed by atoms with Crippen LogP contribution < -0.4 is 10.1 Å². The standard InChI is InChI=1S/C17H16BrNO4/c1-2-22-17(21)12-3-9-15(10-4-12)23-11-16(20)19-14-7-5-13(18)6-8-14/h3-10H,2,11H2,1H3,(H,19,20). The molecule has 0 fully saturated rings. The second-order valence-electron chi connectivity index (χ2n) is 4.59. The number of hydrogen-bond acceptors (Lipinski definition) is 4. The summed E-state index contributed by atoms with van der Waals surface area (Å²) < 4.78 is 11.2. The third-order valence-electron chi connectivity index (χ3n) is 2.86. The van der Waals surface area contributed by atoms with Gasteiger partial charge >= 0.3 is 5.97 Å². The van der Waals surface area contributed by atoms with Crippen molar-refractivity contribution in [3.63, 3.8) is 0 Å². The number of hydrogen-bond donors (Lipinski definition) is 1. The van der Waals surface area contributed by atoms with E-state index >= 15 is 0 Å². The number of carbonyl (C=O) groups excluding carboxylic acids is 2. The minimum absolute atomic E-state index is 0.116. The van der Waals surface area contributed by atoms with E-state index in [0.29, 0.717) is 23.6 Å². The molecule has 0 atom stereocenters. The zero-order chi connectivity index (χ0) is 16.7. The first-order valence-electron chi connectivity index (χ1n) is 7.04. The molecular formula is C17H16BrNO4. The van der Waals surface area contributed by atoms with Crippen molar-refractivity contribution in [1.82, 2.24) is 0 Å². The molecule has 120 valence electrons. The molecule has 0 heterocycles. The molecule has 0 aliphatic rings. The van der Waals surface area contributed by atoms with Gasteiger partial charge in [-0.3, -0.25) is 4.79 Å². The van der Waals surface area contributed by atoms with Crippen molar-refractivity contribution in [1.29, 1.82) is 0 Å². The van der Waals surface area contributed by atoms with Crippen molar-refractivity contribution in [2.75, 3.05) is 18.5 Å². The number of amides is 1. The summed E-state index contributed by atoms with van der Waals surface area (Å²) in [5, 5.41) is 2.73. The van der Waals surface area contributed by atoms with E-state index < -0.39 is 0 Å². The number of benzene rings is 2. The second-order valence-corrected chi connectivity index (χ2v) is 5.50. The zero-order valence-electron chi connectivity index (χ0n) is 12.5. The lowest BCUT2D eigenvalue weighted by molar-refractivity contribution is -0.118. The Bertz CT molecular complexity index is 668. The summed E-state index contributed by atoms with van der Waals surface area (Å²) in [4.78, 5) is 23.3. The Labute approximate surface area is 142 Å². The van der Waals surface area contributed by atoms with Crippen LogP contribution in [0.5, 0.6) is 5.75 Å². The number of ether oxygens (including phenoxy) is 2. The van der Waals surface area contributed by atoms with Crippen molar-refractivity contribution in [2.45, 2.75) is 6.92 Å². The third-order valence-corrected chi connectivity index (χ3v) is 3.39. The molecule has 0 aliphatic carbocycles. The van der Waals surface area contributed by atoms with Gasteiger partial charge in [-0.15, -0.1) is 0 Å². The molecule has 23 heavy (non-hydrogen) atoms. The maximum Gasteiger partial charge on any atom is 0.338 e. The normalized spacial score (nSPS) is 10.0. The number of rotatable bonds is 6. The van der Waals surface area contributed by atoms with Crippen molar-refractivity contribution in [2.24, 2.45) is 0 Å². The summed E-state index contributed by atoms with van der Waals surface area (Å²) >= 11 is 3.33. The van der Waals surface area contributed by atoms with Crippen LogP contribution in [0.4, 0.5) is 5.69 Å². The first kappa shape index (κ1) is 17.0. The van der Waals surface area contributed by atoms with Gasteiger partial charge in [0.05, 0.1) is 12.2 Å². The SMILES string of the molecule is CCOC(=O)c1ccc(OCC(=O)Nc2ccc(Br)cc2)cc1. The van der Waals surface area contributed by atoms with Crippen LogP contribution in [-0.4, -0.2) is 25.1 Å². The molecule has 2 rings (SSSR count). The summed E-state index contributed by atoms with van der Waals surface area (Å²) in [5.41, 5.74) is 1.14. The van der Waals surface area contributed by atoms with Crippen LogP contribution >= 0.6 is 15.9 Å². The minimum atomic E-state index is -0.382. The smallest absolute Gasteiger partial charge is 0.338 e. The average Bonchev–Trinajstić information content (AvgIpc) is 2.56. The van der Waals surface area contributed by atoms with Gasteiger partial charge in [0.25, 0.3) is 5.91 Å². The maximum atomic E-state index is 11.8. The lowest BCUT2D eigenvalue weighted by Crippen LogP contribution is -2.20. The van der Waals surface area contributed by atoms with Crippen molar-refractivity contribution >= 4 is 33.5 Å². The predicted molar refractivity (Wildman–Crippen MR) is 90.7 cm³/mol. The fourth-order valence-electron chi connectivity index (χ4n) is 1.78. The Balaban J connectivity index is 1.84. The fourth-order valence-corrected chi connectivity index (χ4v) is 2.05. The van der Waals surface area contributed by atoms with Gasteiger partial charge in [-0.25, -0.2) is 4.79 Å². The Morgan fingerprint density at radius 1 is 1.04 bits per heavy atom. The van der Waals surface area contributed by atoms with Gasteiger partial charge in [0.15, 0.2) is 6.61 Å². The van der Waals surface area contributed by atoms with Crippen LogP contribution in [0.1, 0.15) is 17.3 Å². The number of nitrogens with one attached hydrogen (secondary N) is 1. The van der Waals surface area contributed by atoms with Crippen LogP contribution in [0, 0.1) is 0 Å². The van der Waals surface area contributed by atoms with Gasteiger partial charge < -0.3 is 14.8 Å². The van der Waals surface area contributed by atoms with Gasteiger partial charge in [-0.2, -0.15) is 0 Å². The van der Waals surface area contributed by atoms with E-state index in [1.165, 1.54) is 0 Å². The van der Waals surface area contributed by atoms with Crippen LogP contribution in [-0.2, 0) is 9.53 Å². The van der Waals surface area contributed by atoms with Gasteiger partial charge in [0.1, 0.15) is 5.75 Å². The minimum Gasteiger partial charge on any atom is -0.484 e. The van der Waals surface area contributed by atoms with Gasteiger partial charge in [0.2, 0.25) is 0 Å². The lowest BCUT2D eigenvalue weighted by Gasteiger charge is -2.08. The summed E-state index contributed by atoms with van der Waals surface area (Å²) in [6.07, 6.45) is 0. The molecule has 1 N–H and O–H groups in total. The molecule has 6 heteroatoms. The number of anilines is 1. The summed E-state index contributed by atoms with van der Waals surface area (Å²) in [5.74, 6) is -0.141. The van der Waals surface area contributed by atoms with Crippen LogP contribution in [0.2, 0.25) is 0 Å². The lowest BCUT2D eigenvalue weighted by atomic mass is 10.2. The quantitative estimate of drug-likeness (QED) is 0.780. The van der Waals surface area contributed by atoms with Crippen LogP contribution in [0.3, 0.4) is 0 Å². The van der Waals surface area contributed by atoms with Crippen molar-refractivity contribution in [3.05, 3.63) is 58.6 Å². The molecule has 2 aromatic rings. The summed E-state index contributed by atoms with van der Waals surface area (Å²) in [6, 6.07) is 13.7. The second kappa shape index (κ2) is 8.33. The molecule has 0 saturated carbocycles. The molecule has 0 unspecified atom stereocenters. The zero-order valence-corrected chi connectivity index (χ0v) is 14.1. The molecule has 2 aromatic carbocycles. The molecule has 0 saturated heterocycles. The number of halogens is 1. The van der Waals surface area contributed by atoms with Crippen molar-refractivity contribution in [3.8, 4) is 5.75 Å². The molecule has 0 radical (unpaired) electrons. The molecule has 0 aromatic heterocycles. The highest BCUT2D eigenvalue weighted by Gasteiger charge is 2.07. The average molecular weight is 378 g/mol. The predicted octanol–water partition coefficient (Wildman–Crippen LogP) is 3.64. The number of esters is 1. The Morgan fingerprint density at radius 2 is 1.70 bits per heavy atom. The summed E-state index contributed by atoms with van der Waals surface area (Å²) in [7, 11) is 0.